The first kappa shape index (κ1) is 12.5. The van der Waals surface area contributed by atoms with E-state index in [9.17, 15) is 4.79 Å². The van der Waals surface area contributed by atoms with Crippen molar-refractivity contribution in [3.63, 3.8) is 0 Å². The van der Waals surface area contributed by atoms with Gasteiger partial charge in [0.2, 0.25) is 0 Å². The second kappa shape index (κ2) is 6.80. The lowest BCUT2D eigenvalue weighted by atomic mass is 10.0. The highest BCUT2D eigenvalue weighted by atomic mass is 16.5. The van der Waals surface area contributed by atoms with Gasteiger partial charge in [0.25, 0.3) is 0 Å². The van der Waals surface area contributed by atoms with Crippen LogP contribution in [0.2, 0.25) is 0 Å². The van der Waals surface area contributed by atoms with Crippen molar-refractivity contribution < 1.29 is 14.3 Å². The van der Waals surface area contributed by atoms with Gasteiger partial charge in [0.05, 0.1) is 19.1 Å². The summed E-state index contributed by atoms with van der Waals surface area (Å²) in [6.45, 7) is 6.88. The molecular formula is C11H21NO3. The van der Waals surface area contributed by atoms with Gasteiger partial charge in [-0.2, -0.15) is 0 Å². The molecular weight excluding hydrogens is 194 g/mol. The molecule has 0 amide bonds. The Bertz CT molecular complexity index is 196. The highest BCUT2D eigenvalue weighted by Gasteiger charge is 2.23. The number of esters is 1. The van der Waals surface area contributed by atoms with Crippen LogP contribution in [0.15, 0.2) is 0 Å². The van der Waals surface area contributed by atoms with Crippen LogP contribution in [-0.2, 0) is 14.3 Å². The zero-order valence-corrected chi connectivity index (χ0v) is 9.62. The van der Waals surface area contributed by atoms with Gasteiger partial charge in [-0.3, -0.25) is 4.79 Å². The minimum atomic E-state index is -0.124. The van der Waals surface area contributed by atoms with Crippen molar-refractivity contribution in [2.24, 2.45) is 5.92 Å². The molecule has 0 aromatic heterocycles. The molecule has 1 N–H and O–H groups in total. The first-order chi connectivity index (χ1) is 7.24. The minimum absolute atomic E-state index is 0.124. The Morgan fingerprint density at radius 2 is 2.40 bits per heavy atom. The Kier molecular flexibility index (Phi) is 5.65. The lowest BCUT2D eigenvalue weighted by Crippen LogP contribution is -2.28. The molecule has 88 valence electrons. The first-order valence-electron chi connectivity index (χ1n) is 5.72. The summed E-state index contributed by atoms with van der Waals surface area (Å²) in [4.78, 5) is 11.0. The van der Waals surface area contributed by atoms with Gasteiger partial charge in [-0.05, 0) is 26.2 Å². The SMILES string of the molecule is CCOC(=O)CCNCC1CCOC1C. The highest BCUT2D eigenvalue weighted by Crippen LogP contribution is 2.18. The molecule has 0 aromatic carbocycles. The molecule has 0 aromatic rings. The molecule has 1 saturated heterocycles. The van der Waals surface area contributed by atoms with Crippen LogP contribution < -0.4 is 5.32 Å². The average Bonchev–Trinajstić information content (AvgIpc) is 2.60. The fraction of sp³-hybridized carbons (Fsp3) is 0.909. The monoisotopic (exact) mass is 215 g/mol. The van der Waals surface area contributed by atoms with Crippen LogP contribution in [-0.4, -0.2) is 38.4 Å². The number of nitrogens with one attached hydrogen (secondary N) is 1. The van der Waals surface area contributed by atoms with E-state index in [0.717, 1.165) is 19.6 Å². The van der Waals surface area contributed by atoms with Gasteiger partial charge in [-0.25, -0.2) is 0 Å². The molecule has 15 heavy (non-hydrogen) atoms. The highest BCUT2D eigenvalue weighted by molar-refractivity contribution is 5.69. The summed E-state index contributed by atoms with van der Waals surface area (Å²) in [5.74, 6) is 0.466. The summed E-state index contributed by atoms with van der Waals surface area (Å²) in [5, 5.41) is 3.27. The number of hydrogen-bond donors (Lipinski definition) is 1. The van der Waals surface area contributed by atoms with Crippen LogP contribution in [0.3, 0.4) is 0 Å². The molecule has 2 atom stereocenters. The molecule has 0 radical (unpaired) electrons. The van der Waals surface area contributed by atoms with E-state index in [1.807, 2.05) is 6.92 Å². The van der Waals surface area contributed by atoms with E-state index >= 15 is 0 Å². The van der Waals surface area contributed by atoms with Crippen molar-refractivity contribution in [1.29, 1.82) is 0 Å². The average molecular weight is 215 g/mol. The second-order valence-corrected chi connectivity index (χ2v) is 3.88. The number of carbonyl (C=O) groups excluding carboxylic acids is 1. The van der Waals surface area contributed by atoms with E-state index in [1.165, 1.54) is 0 Å². The van der Waals surface area contributed by atoms with E-state index in [2.05, 4.69) is 12.2 Å². The topological polar surface area (TPSA) is 47.6 Å². The molecule has 1 rings (SSSR count). The van der Waals surface area contributed by atoms with E-state index < -0.39 is 0 Å². The Balaban J connectivity index is 1.99. The molecule has 1 aliphatic heterocycles. The molecule has 1 aliphatic rings. The fourth-order valence-corrected chi connectivity index (χ4v) is 1.76. The number of hydrogen-bond acceptors (Lipinski definition) is 4. The van der Waals surface area contributed by atoms with Gasteiger partial charge in [-0.1, -0.05) is 0 Å². The zero-order valence-electron chi connectivity index (χ0n) is 9.62. The van der Waals surface area contributed by atoms with Crippen LogP contribution in [0.4, 0.5) is 0 Å². The van der Waals surface area contributed by atoms with Gasteiger partial charge in [0.1, 0.15) is 0 Å². The summed E-state index contributed by atoms with van der Waals surface area (Å²) in [6.07, 6.45) is 1.92. The van der Waals surface area contributed by atoms with Gasteiger partial charge in [-0.15, -0.1) is 0 Å². The molecule has 1 heterocycles. The standard InChI is InChI=1S/C11H21NO3/c1-3-14-11(13)4-6-12-8-10-5-7-15-9(10)2/h9-10,12H,3-8H2,1-2H3. The maximum absolute atomic E-state index is 11.0. The van der Waals surface area contributed by atoms with Crippen LogP contribution in [0, 0.1) is 5.92 Å². The van der Waals surface area contributed by atoms with Crippen molar-refractivity contribution in [2.45, 2.75) is 32.8 Å². The molecule has 2 unspecified atom stereocenters. The quantitative estimate of drug-likeness (QED) is 0.529. The molecule has 4 nitrogen and oxygen atoms in total. The maximum atomic E-state index is 11.0. The van der Waals surface area contributed by atoms with E-state index in [0.29, 0.717) is 31.6 Å². The van der Waals surface area contributed by atoms with Crippen LogP contribution in [0.25, 0.3) is 0 Å². The van der Waals surface area contributed by atoms with E-state index in [1.54, 1.807) is 0 Å². The summed E-state index contributed by atoms with van der Waals surface area (Å²) in [5.41, 5.74) is 0. The van der Waals surface area contributed by atoms with Gasteiger partial charge in [0.15, 0.2) is 0 Å². The lowest BCUT2D eigenvalue weighted by Gasteiger charge is -2.14. The molecule has 0 bridgehead atoms. The van der Waals surface area contributed by atoms with Gasteiger partial charge < -0.3 is 14.8 Å². The van der Waals surface area contributed by atoms with Gasteiger partial charge in [0, 0.05) is 19.7 Å². The maximum Gasteiger partial charge on any atom is 0.307 e. The van der Waals surface area contributed by atoms with Crippen molar-refractivity contribution in [3.05, 3.63) is 0 Å². The summed E-state index contributed by atoms with van der Waals surface area (Å²) < 4.78 is 10.3. The largest absolute Gasteiger partial charge is 0.466 e. The molecule has 0 saturated carbocycles. The minimum Gasteiger partial charge on any atom is -0.466 e. The Morgan fingerprint density at radius 3 is 3.00 bits per heavy atom. The van der Waals surface area contributed by atoms with Crippen molar-refractivity contribution >= 4 is 5.97 Å². The lowest BCUT2D eigenvalue weighted by molar-refractivity contribution is -0.142. The van der Waals surface area contributed by atoms with Crippen molar-refractivity contribution in [2.75, 3.05) is 26.3 Å². The first-order valence-corrected chi connectivity index (χ1v) is 5.72. The van der Waals surface area contributed by atoms with Crippen LogP contribution >= 0.6 is 0 Å². The Hall–Kier alpha value is -0.610. The zero-order chi connectivity index (χ0) is 11.1. The third-order valence-corrected chi connectivity index (χ3v) is 2.75. The number of carbonyl (C=O) groups is 1. The molecule has 1 fully saturated rings. The van der Waals surface area contributed by atoms with E-state index in [4.69, 9.17) is 9.47 Å². The van der Waals surface area contributed by atoms with Gasteiger partial charge >= 0.3 is 5.97 Å². The second-order valence-electron chi connectivity index (χ2n) is 3.88. The third-order valence-electron chi connectivity index (χ3n) is 2.75. The van der Waals surface area contributed by atoms with Crippen LogP contribution in [0.1, 0.15) is 26.7 Å². The number of ether oxygens (including phenoxy) is 2. The van der Waals surface area contributed by atoms with Crippen molar-refractivity contribution in [1.82, 2.24) is 5.32 Å². The molecule has 0 spiro atoms. The summed E-state index contributed by atoms with van der Waals surface area (Å²) >= 11 is 0. The van der Waals surface area contributed by atoms with E-state index in [-0.39, 0.29) is 5.97 Å². The third kappa shape index (κ3) is 4.62. The Labute approximate surface area is 91.3 Å². The fourth-order valence-electron chi connectivity index (χ4n) is 1.76. The summed E-state index contributed by atoms with van der Waals surface area (Å²) in [7, 11) is 0. The number of rotatable bonds is 6. The van der Waals surface area contributed by atoms with Crippen molar-refractivity contribution in [3.8, 4) is 0 Å². The molecule has 0 aliphatic carbocycles. The smallest absolute Gasteiger partial charge is 0.307 e. The normalized spacial score (nSPS) is 25.5. The predicted molar refractivity (Wildman–Crippen MR) is 57.6 cm³/mol. The molecule has 4 heteroatoms. The summed E-state index contributed by atoms with van der Waals surface area (Å²) in [6, 6.07) is 0. The van der Waals surface area contributed by atoms with Crippen LogP contribution in [0.5, 0.6) is 0 Å². The Morgan fingerprint density at radius 1 is 1.60 bits per heavy atom. The predicted octanol–water partition coefficient (Wildman–Crippen LogP) is 0.954.